The first kappa shape index (κ1) is 19.6. The number of nitrogens with one attached hydrogen (secondary N) is 2. The van der Waals surface area contributed by atoms with Gasteiger partial charge in [-0.05, 0) is 36.6 Å². The van der Waals surface area contributed by atoms with Crippen LogP contribution in [0.1, 0.15) is 10.4 Å². The number of nitrogens with zero attached hydrogens (tertiary/aromatic N) is 2. The number of sulfone groups is 1. The van der Waals surface area contributed by atoms with Crippen LogP contribution >= 0.6 is 11.8 Å². The van der Waals surface area contributed by atoms with Crippen molar-refractivity contribution in [3.63, 3.8) is 0 Å². The quantitative estimate of drug-likeness (QED) is 0.324. The molecule has 0 fully saturated rings. The number of hydrazine groups is 1. The molecule has 0 aliphatic rings. The SMILES string of the molecule is CSCN(NC#N)c1ccccc1C(=O)Nc1cccc(S(C)(=O)=O)c1. The van der Waals surface area contributed by atoms with E-state index >= 15 is 0 Å². The highest BCUT2D eigenvalue weighted by Crippen LogP contribution is 2.22. The van der Waals surface area contributed by atoms with Crippen molar-refractivity contribution in [2.75, 3.05) is 28.7 Å². The van der Waals surface area contributed by atoms with Crippen LogP contribution in [0.2, 0.25) is 0 Å². The first-order valence-corrected chi connectivity index (χ1v) is 10.8. The smallest absolute Gasteiger partial charge is 0.257 e. The Balaban J connectivity index is 2.32. The molecule has 0 saturated carbocycles. The lowest BCUT2D eigenvalue weighted by Crippen LogP contribution is -2.35. The van der Waals surface area contributed by atoms with Crippen LogP contribution in [-0.2, 0) is 9.84 Å². The Hall–Kier alpha value is -2.70. The van der Waals surface area contributed by atoms with Crippen LogP contribution in [-0.4, -0.2) is 32.7 Å². The Kier molecular flexibility index (Phi) is 6.49. The zero-order valence-corrected chi connectivity index (χ0v) is 15.9. The van der Waals surface area contributed by atoms with E-state index in [-0.39, 0.29) is 4.90 Å². The lowest BCUT2D eigenvalue weighted by molar-refractivity contribution is 0.102. The molecule has 2 rings (SSSR count). The number of carbonyl (C=O) groups is 1. The number of benzene rings is 2. The highest BCUT2D eigenvalue weighted by atomic mass is 32.2. The van der Waals surface area contributed by atoms with E-state index in [1.807, 2.05) is 12.4 Å². The number of para-hydroxylation sites is 1. The highest BCUT2D eigenvalue weighted by Gasteiger charge is 2.17. The maximum absolute atomic E-state index is 12.7. The van der Waals surface area contributed by atoms with Crippen LogP contribution in [0.3, 0.4) is 0 Å². The Morgan fingerprint density at radius 2 is 1.96 bits per heavy atom. The van der Waals surface area contributed by atoms with Gasteiger partial charge in [0.1, 0.15) is 0 Å². The van der Waals surface area contributed by atoms with Crippen LogP contribution in [0.5, 0.6) is 0 Å². The van der Waals surface area contributed by atoms with Gasteiger partial charge < -0.3 is 5.32 Å². The molecule has 0 aliphatic heterocycles. The van der Waals surface area contributed by atoms with Gasteiger partial charge in [-0.25, -0.2) is 13.8 Å². The molecular formula is C17H18N4O3S2. The molecule has 2 N–H and O–H groups in total. The van der Waals surface area contributed by atoms with Crippen molar-refractivity contribution in [1.29, 1.82) is 5.26 Å². The number of thioether (sulfide) groups is 1. The van der Waals surface area contributed by atoms with Gasteiger partial charge in [0.2, 0.25) is 0 Å². The standard InChI is InChI=1S/C17H18N4O3S2/c1-25-12-21(19-11-18)16-9-4-3-8-15(16)17(22)20-13-6-5-7-14(10-13)26(2,23)24/h3-10,19H,12H2,1-2H3,(H,20,22). The summed E-state index contributed by atoms with van der Waals surface area (Å²) in [4.78, 5) is 12.8. The average Bonchev–Trinajstić information content (AvgIpc) is 2.61. The summed E-state index contributed by atoms with van der Waals surface area (Å²) in [5.41, 5.74) is 3.82. The first-order valence-electron chi connectivity index (χ1n) is 7.48. The van der Waals surface area contributed by atoms with E-state index in [1.54, 1.807) is 41.4 Å². The molecule has 2 aromatic carbocycles. The third-order valence-corrected chi connectivity index (χ3v) is 5.03. The minimum atomic E-state index is -3.37. The van der Waals surface area contributed by atoms with Gasteiger partial charge in [0, 0.05) is 11.9 Å². The summed E-state index contributed by atoms with van der Waals surface area (Å²) >= 11 is 1.49. The fourth-order valence-corrected chi connectivity index (χ4v) is 3.38. The fraction of sp³-hybridized carbons (Fsp3) is 0.176. The molecule has 0 bridgehead atoms. The summed E-state index contributed by atoms with van der Waals surface area (Å²) in [5.74, 6) is 0.0543. The van der Waals surface area contributed by atoms with Gasteiger partial charge in [0.05, 0.1) is 22.0 Å². The molecule has 0 saturated heterocycles. The summed E-state index contributed by atoms with van der Waals surface area (Å²) in [5, 5.41) is 13.2. The second-order valence-electron chi connectivity index (χ2n) is 5.34. The largest absolute Gasteiger partial charge is 0.322 e. The maximum Gasteiger partial charge on any atom is 0.257 e. The van der Waals surface area contributed by atoms with Gasteiger partial charge in [0.15, 0.2) is 16.0 Å². The molecule has 9 heteroatoms. The molecule has 2 aromatic rings. The summed E-state index contributed by atoms with van der Waals surface area (Å²) in [6.45, 7) is 0. The number of hydrogen-bond acceptors (Lipinski definition) is 7. The number of amides is 1. The topological polar surface area (TPSA) is 102 Å². The minimum absolute atomic E-state index is 0.124. The van der Waals surface area contributed by atoms with Gasteiger partial charge in [-0.2, -0.15) is 5.26 Å². The van der Waals surface area contributed by atoms with Crippen LogP contribution in [0.15, 0.2) is 53.4 Å². The van der Waals surface area contributed by atoms with Crippen molar-refractivity contribution < 1.29 is 13.2 Å². The van der Waals surface area contributed by atoms with Crippen LogP contribution < -0.4 is 15.8 Å². The van der Waals surface area contributed by atoms with E-state index in [0.29, 0.717) is 22.8 Å². The second-order valence-corrected chi connectivity index (χ2v) is 8.19. The fourth-order valence-electron chi connectivity index (χ4n) is 2.26. The Morgan fingerprint density at radius 1 is 1.23 bits per heavy atom. The Labute approximate surface area is 156 Å². The second kappa shape index (κ2) is 8.60. The lowest BCUT2D eigenvalue weighted by Gasteiger charge is -2.23. The third-order valence-electron chi connectivity index (χ3n) is 3.40. The molecule has 26 heavy (non-hydrogen) atoms. The van der Waals surface area contributed by atoms with Gasteiger partial charge >= 0.3 is 0 Å². The molecule has 0 heterocycles. The van der Waals surface area contributed by atoms with Crippen LogP contribution in [0, 0.1) is 11.5 Å². The number of anilines is 2. The molecule has 136 valence electrons. The summed E-state index contributed by atoms with van der Waals surface area (Å²) in [6.07, 6.45) is 4.84. The van der Waals surface area contributed by atoms with Gasteiger partial charge in [-0.3, -0.25) is 9.80 Å². The van der Waals surface area contributed by atoms with Crippen LogP contribution in [0.4, 0.5) is 11.4 Å². The third kappa shape index (κ3) is 4.91. The van der Waals surface area contributed by atoms with Crippen LogP contribution in [0.25, 0.3) is 0 Å². The van der Waals surface area contributed by atoms with E-state index in [9.17, 15) is 13.2 Å². The zero-order chi connectivity index (χ0) is 19.2. The predicted octanol–water partition coefficient (Wildman–Crippen LogP) is 2.45. The summed E-state index contributed by atoms with van der Waals surface area (Å²) in [7, 11) is -3.37. The molecule has 0 unspecified atom stereocenters. The highest BCUT2D eigenvalue weighted by molar-refractivity contribution is 7.98. The van der Waals surface area contributed by atoms with Crippen molar-refractivity contribution in [3.8, 4) is 6.19 Å². The normalized spacial score (nSPS) is 10.7. The number of carbonyl (C=O) groups excluding carboxylic acids is 1. The van der Waals surface area contributed by atoms with Gasteiger partial charge in [-0.1, -0.05) is 18.2 Å². The number of rotatable bonds is 7. The van der Waals surface area contributed by atoms with E-state index < -0.39 is 15.7 Å². The van der Waals surface area contributed by atoms with E-state index in [0.717, 1.165) is 6.26 Å². The number of hydrogen-bond donors (Lipinski definition) is 2. The zero-order valence-electron chi connectivity index (χ0n) is 14.3. The summed E-state index contributed by atoms with van der Waals surface area (Å²) in [6, 6.07) is 12.9. The van der Waals surface area contributed by atoms with Crippen molar-refractivity contribution >= 4 is 38.9 Å². The van der Waals surface area contributed by atoms with Crippen molar-refractivity contribution in [3.05, 3.63) is 54.1 Å². The molecule has 7 nitrogen and oxygen atoms in total. The average molecular weight is 390 g/mol. The monoisotopic (exact) mass is 390 g/mol. The number of nitriles is 1. The minimum Gasteiger partial charge on any atom is -0.322 e. The van der Waals surface area contributed by atoms with Crippen molar-refractivity contribution in [2.45, 2.75) is 4.90 Å². The molecule has 0 aliphatic carbocycles. The first-order chi connectivity index (χ1) is 12.4. The maximum atomic E-state index is 12.7. The van der Waals surface area contributed by atoms with Crippen molar-refractivity contribution in [2.24, 2.45) is 0 Å². The molecular weight excluding hydrogens is 372 g/mol. The van der Waals surface area contributed by atoms with Crippen molar-refractivity contribution in [1.82, 2.24) is 5.43 Å². The molecule has 1 amide bonds. The predicted molar refractivity (Wildman–Crippen MR) is 104 cm³/mol. The molecule has 0 aromatic heterocycles. The molecule has 0 spiro atoms. The van der Waals surface area contributed by atoms with E-state index in [4.69, 9.17) is 5.26 Å². The Bertz CT molecular complexity index is 939. The van der Waals surface area contributed by atoms with E-state index in [1.165, 1.54) is 23.9 Å². The summed E-state index contributed by atoms with van der Waals surface area (Å²) < 4.78 is 23.3. The van der Waals surface area contributed by atoms with Gasteiger partial charge in [-0.15, -0.1) is 11.8 Å². The molecule has 0 radical (unpaired) electrons. The molecule has 0 atom stereocenters. The van der Waals surface area contributed by atoms with E-state index in [2.05, 4.69) is 10.7 Å². The lowest BCUT2D eigenvalue weighted by atomic mass is 10.1. The van der Waals surface area contributed by atoms with Gasteiger partial charge in [0.25, 0.3) is 5.91 Å². The Morgan fingerprint density at radius 3 is 2.62 bits per heavy atom.